The Balaban J connectivity index is 3.68. The minimum atomic E-state index is -0.203. The van der Waals surface area contributed by atoms with Crippen LogP contribution in [0.5, 0.6) is 0 Å². The van der Waals surface area contributed by atoms with Crippen LogP contribution in [-0.2, 0) is 0 Å². The summed E-state index contributed by atoms with van der Waals surface area (Å²) in [6.45, 7) is 5.89. The van der Waals surface area contributed by atoms with Crippen molar-refractivity contribution >= 4 is 0 Å². The molecule has 0 aliphatic rings. The normalized spacial score (nSPS) is 18.2. The van der Waals surface area contributed by atoms with Crippen LogP contribution in [0.25, 0.3) is 0 Å². The van der Waals surface area contributed by atoms with Gasteiger partial charge in [0.05, 0.1) is 6.10 Å². The molecule has 1 heteroatoms. The maximum absolute atomic E-state index is 9.09. The molecule has 2 atom stereocenters. The fraction of sp³-hybridized carbons (Fsp3) is 0.750. The van der Waals surface area contributed by atoms with E-state index in [1.54, 1.807) is 0 Å². The first kappa shape index (κ1) is 8.70. The third-order valence-corrected chi connectivity index (χ3v) is 1.53. The summed E-state index contributed by atoms with van der Waals surface area (Å²) < 4.78 is 0. The summed E-state index contributed by atoms with van der Waals surface area (Å²) in [6, 6.07) is 0. The van der Waals surface area contributed by atoms with Crippen molar-refractivity contribution in [2.45, 2.75) is 33.3 Å². The van der Waals surface area contributed by atoms with Crippen LogP contribution < -0.4 is 0 Å². The average molecular weight is 128 g/mol. The van der Waals surface area contributed by atoms with E-state index in [-0.39, 0.29) is 6.10 Å². The minimum absolute atomic E-state index is 0.203. The first-order valence-corrected chi connectivity index (χ1v) is 3.53. The summed E-state index contributed by atoms with van der Waals surface area (Å²) in [5.41, 5.74) is 0. The van der Waals surface area contributed by atoms with Crippen molar-refractivity contribution in [3.63, 3.8) is 0 Å². The van der Waals surface area contributed by atoms with E-state index >= 15 is 0 Å². The number of hydrogen-bond donors (Lipinski definition) is 1. The number of aliphatic hydroxyl groups is 1. The Bertz CT molecular complexity index is 84.6. The van der Waals surface area contributed by atoms with Gasteiger partial charge in [0, 0.05) is 5.92 Å². The summed E-state index contributed by atoms with van der Waals surface area (Å²) in [6.07, 6.45) is 4.85. The molecule has 0 amide bonds. The number of aliphatic hydroxyl groups excluding tert-OH is 1. The molecule has 1 N–H and O–H groups in total. The standard InChI is InChI=1S/C8H16O/c1-4-6-8(5-2)7(3)9/h4,6-9H,5H2,1-3H3. The summed E-state index contributed by atoms with van der Waals surface area (Å²) in [5.74, 6) is 0.343. The predicted octanol–water partition coefficient (Wildman–Crippen LogP) is 1.97. The van der Waals surface area contributed by atoms with E-state index < -0.39 is 0 Å². The van der Waals surface area contributed by atoms with Crippen LogP contribution in [0.15, 0.2) is 12.2 Å². The molecule has 0 aromatic carbocycles. The Labute approximate surface area is 57.4 Å². The molecule has 0 aliphatic carbocycles. The summed E-state index contributed by atoms with van der Waals surface area (Å²) in [5, 5.41) is 9.09. The highest BCUT2D eigenvalue weighted by Crippen LogP contribution is 2.09. The van der Waals surface area contributed by atoms with Gasteiger partial charge in [-0.2, -0.15) is 0 Å². The van der Waals surface area contributed by atoms with Gasteiger partial charge in [-0.25, -0.2) is 0 Å². The molecular weight excluding hydrogens is 112 g/mol. The monoisotopic (exact) mass is 128 g/mol. The lowest BCUT2D eigenvalue weighted by molar-refractivity contribution is 0.147. The van der Waals surface area contributed by atoms with Gasteiger partial charge in [0.15, 0.2) is 0 Å². The zero-order valence-corrected chi connectivity index (χ0v) is 6.46. The van der Waals surface area contributed by atoms with Crippen LogP contribution in [0.2, 0.25) is 0 Å². The van der Waals surface area contributed by atoms with Gasteiger partial charge in [-0.3, -0.25) is 0 Å². The van der Waals surface area contributed by atoms with E-state index in [2.05, 4.69) is 6.92 Å². The molecule has 0 saturated carbocycles. The van der Waals surface area contributed by atoms with Crippen molar-refractivity contribution < 1.29 is 5.11 Å². The largest absolute Gasteiger partial charge is 0.393 e. The van der Waals surface area contributed by atoms with E-state index in [4.69, 9.17) is 5.11 Å². The Kier molecular flexibility index (Phi) is 4.41. The molecule has 0 bridgehead atoms. The highest BCUT2D eigenvalue weighted by atomic mass is 16.3. The second-order valence-electron chi connectivity index (χ2n) is 2.34. The fourth-order valence-corrected chi connectivity index (χ4v) is 0.885. The van der Waals surface area contributed by atoms with Crippen molar-refractivity contribution in [2.75, 3.05) is 0 Å². The molecule has 0 aromatic rings. The van der Waals surface area contributed by atoms with E-state index in [0.29, 0.717) is 5.92 Å². The molecule has 0 spiro atoms. The fourth-order valence-electron chi connectivity index (χ4n) is 0.885. The van der Waals surface area contributed by atoms with Crippen LogP contribution in [0.3, 0.4) is 0 Å². The molecule has 0 aliphatic heterocycles. The summed E-state index contributed by atoms with van der Waals surface area (Å²) >= 11 is 0. The Morgan fingerprint density at radius 3 is 2.22 bits per heavy atom. The smallest absolute Gasteiger partial charge is 0.0574 e. The van der Waals surface area contributed by atoms with Crippen LogP contribution in [-0.4, -0.2) is 11.2 Å². The minimum Gasteiger partial charge on any atom is -0.393 e. The summed E-state index contributed by atoms with van der Waals surface area (Å²) in [4.78, 5) is 0. The Hall–Kier alpha value is -0.300. The maximum Gasteiger partial charge on any atom is 0.0574 e. The molecule has 54 valence electrons. The molecule has 0 radical (unpaired) electrons. The highest BCUT2D eigenvalue weighted by molar-refractivity contribution is 4.87. The van der Waals surface area contributed by atoms with Gasteiger partial charge in [0.25, 0.3) is 0 Å². The van der Waals surface area contributed by atoms with Crippen molar-refractivity contribution in [1.82, 2.24) is 0 Å². The van der Waals surface area contributed by atoms with Gasteiger partial charge in [-0.1, -0.05) is 19.1 Å². The second-order valence-corrected chi connectivity index (χ2v) is 2.34. The average Bonchev–Trinajstić information content (AvgIpc) is 1.82. The van der Waals surface area contributed by atoms with Gasteiger partial charge in [0.1, 0.15) is 0 Å². The second kappa shape index (κ2) is 4.57. The van der Waals surface area contributed by atoms with E-state index in [1.165, 1.54) is 0 Å². The molecule has 0 heterocycles. The van der Waals surface area contributed by atoms with E-state index in [1.807, 2.05) is 26.0 Å². The van der Waals surface area contributed by atoms with Gasteiger partial charge < -0.3 is 5.11 Å². The maximum atomic E-state index is 9.09. The molecule has 0 fully saturated rings. The van der Waals surface area contributed by atoms with E-state index in [9.17, 15) is 0 Å². The SMILES string of the molecule is CC=CC(CC)C(C)O. The third kappa shape index (κ3) is 3.31. The molecule has 0 saturated heterocycles. The molecular formula is C8H16O. The van der Waals surface area contributed by atoms with Gasteiger partial charge in [-0.15, -0.1) is 0 Å². The number of hydrogen-bond acceptors (Lipinski definition) is 1. The highest BCUT2D eigenvalue weighted by Gasteiger charge is 2.06. The Morgan fingerprint density at radius 2 is 2.11 bits per heavy atom. The lowest BCUT2D eigenvalue weighted by atomic mass is 10.0. The molecule has 0 aromatic heterocycles. The van der Waals surface area contributed by atoms with Crippen molar-refractivity contribution in [3.05, 3.63) is 12.2 Å². The lowest BCUT2D eigenvalue weighted by Gasteiger charge is -2.11. The zero-order valence-electron chi connectivity index (χ0n) is 6.46. The first-order chi connectivity index (χ1) is 4.22. The quantitative estimate of drug-likeness (QED) is 0.576. The molecule has 2 unspecified atom stereocenters. The van der Waals surface area contributed by atoms with Crippen LogP contribution in [0, 0.1) is 5.92 Å². The lowest BCUT2D eigenvalue weighted by Crippen LogP contribution is -2.12. The third-order valence-electron chi connectivity index (χ3n) is 1.53. The molecule has 0 rings (SSSR count). The van der Waals surface area contributed by atoms with Crippen LogP contribution in [0.4, 0.5) is 0 Å². The number of rotatable bonds is 3. The van der Waals surface area contributed by atoms with Crippen molar-refractivity contribution in [1.29, 1.82) is 0 Å². The van der Waals surface area contributed by atoms with Gasteiger partial charge >= 0.3 is 0 Å². The van der Waals surface area contributed by atoms with Crippen molar-refractivity contribution in [3.8, 4) is 0 Å². The summed E-state index contributed by atoms with van der Waals surface area (Å²) in [7, 11) is 0. The van der Waals surface area contributed by atoms with Crippen LogP contribution in [0.1, 0.15) is 27.2 Å². The van der Waals surface area contributed by atoms with Gasteiger partial charge in [-0.05, 0) is 20.3 Å². The zero-order chi connectivity index (χ0) is 7.28. The van der Waals surface area contributed by atoms with E-state index in [0.717, 1.165) is 6.42 Å². The number of allylic oxidation sites excluding steroid dienone is 1. The van der Waals surface area contributed by atoms with Crippen LogP contribution >= 0.6 is 0 Å². The van der Waals surface area contributed by atoms with Crippen molar-refractivity contribution in [2.24, 2.45) is 5.92 Å². The first-order valence-electron chi connectivity index (χ1n) is 3.53. The predicted molar refractivity (Wildman–Crippen MR) is 40.3 cm³/mol. The molecule has 1 nitrogen and oxygen atoms in total. The Morgan fingerprint density at radius 1 is 1.56 bits per heavy atom. The van der Waals surface area contributed by atoms with Gasteiger partial charge in [0.2, 0.25) is 0 Å². The molecule has 9 heavy (non-hydrogen) atoms. The topological polar surface area (TPSA) is 20.2 Å².